The van der Waals surface area contributed by atoms with E-state index in [1.165, 1.54) is 24.1 Å². The van der Waals surface area contributed by atoms with Crippen molar-refractivity contribution in [2.24, 2.45) is 11.7 Å². The van der Waals surface area contributed by atoms with Crippen LogP contribution in [0.15, 0.2) is 22.7 Å². The van der Waals surface area contributed by atoms with Crippen LogP contribution < -0.4 is 10.6 Å². The van der Waals surface area contributed by atoms with E-state index >= 15 is 0 Å². The van der Waals surface area contributed by atoms with Gasteiger partial charge in [-0.15, -0.1) is 0 Å². The molecule has 2 atom stereocenters. The second kappa shape index (κ2) is 7.43. The van der Waals surface area contributed by atoms with Crippen LogP contribution in [0.5, 0.6) is 0 Å². The summed E-state index contributed by atoms with van der Waals surface area (Å²) >= 11 is 3.69. The Hall–Kier alpha value is -0.580. The molecule has 0 bridgehead atoms. The lowest BCUT2D eigenvalue weighted by Gasteiger charge is -2.29. The second-order valence-corrected chi connectivity index (χ2v) is 6.79. The van der Waals surface area contributed by atoms with Crippen LogP contribution in [0.25, 0.3) is 0 Å². The van der Waals surface area contributed by atoms with Gasteiger partial charge in [-0.2, -0.15) is 0 Å². The Morgan fingerprint density at radius 2 is 2.30 bits per heavy atom. The van der Waals surface area contributed by atoms with E-state index in [-0.39, 0.29) is 6.04 Å². The van der Waals surface area contributed by atoms with Gasteiger partial charge in [0.2, 0.25) is 0 Å². The molecule has 0 aromatic heterocycles. The Kier molecular flexibility index (Phi) is 5.87. The standard InChI is InChI=1S/C16H25BrN2O/c1-12(18)8-13-5-6-16(15(17)9-13)19(2)10-14-4-3-7-20-11-14/h5-6,9,12,14H,3-4,7-8,10-11,18H2,1-2H3. The Bertz CT molecular complexity index is 430. The average molecular weight is 341 g/mol. The van der Waals surface area contributed by atoms with Crippen molar-refractivity contribution in [3.8, 4) is 0 Å². The van der Waals surface area contributed by atoms with E-state index in [4.69, 9.17) is 10.5 Å². The quantitative estimate of drug-likeness (QED) is 0.894. The molecular formula is C16H25BrN2O. The molecular weight excluding hydrogens is 316 g/mol. The molecule has 2 unspecified atom stereocenters. The van der Waals surface area contributed by atoms with Gasteiger partial charge in [0, 0.05) is 30.7 Å². The van der Waals surface area contributed by atoms with Crippen LogP contribution in [0.4, 0.5) is 5.69 Å². The van der Waals surface area contributed by atoms with Gasteiger partial charge in [0.05, 0.1) is 12.3 Å². The fourth-order valence-electron chi connectivity index (χ4n) is 2.80. The summed E-state index contributed by atoms with van der Waals surface area (Å²) in [5.41, 5.74) is 8.38. The Morgan fingerprint density at radius 3 is 2.90 bits per heavy atom. The number of nitrogens with two attached hydrogens (primary N) is 1. The zero-order valence-corrected chi connectivity index (χ0v) is 14.0. The number of hydrogen-bond acceptors (Lipinski definition) is 3. The van der Waals surface area contributed by atoms with Gasteiger partial charge >= 0.3 is 0 Å². The SMILES string of the molecule is CC(N)Cc1ccc(N(C)CC2CCCOC2)c(Br)c1. The van der Waals surface area contributed by atoms with Crippen LogP contribution in [-0.4, -0.2) is 32.8 Å². The van der Waals surface area contributed by atoms with Crippen molar-refractivity contribution in [3.05, 3.63) is 28.2 Å². The van der Waals surface area contributed by atoms with Crippen LogP contribution >= 0.6 is 15.9 Å². The summed E-state index contributed by atoms with van der Waals surface area (Å²) in [6.45, 7) is 4.91. The van der Waals surface area contributed by atoms with Gasteiger partial charge in [-0.05, 0) is 65.7 Å². The van der Waals surface area contributed by atoms with E-state index in [1.807, 2.05) is 6.92 Å². The van der Waals surface area contributed by atoms with Gasteiger partial charge in [0.25, 0.3) is 0 Å². The summed E-state index contributed by atoms with van der Waals surface area (Å²) in [5.74, 6) is 0.643. The highest BCUT2D eigenvalue weighted by Gasteiger charge is 2.17. The van der Waals surface area contributed by atoms with Crippen molar-refractivity contribution in [2.75, 3.05) is 31.7 Å². The van der Waals surface area contributed by atoms with E-state index in [0.29, 0.717) is 5.92 Å². The Balaban J connectivity index is 2.00. The highest BCUT2D eigenvalue weighted by molar-refractivity contribution is 9.10. The number of benzene rings is 1. The first-order valence-electron chi connectivity index (χ1n) is 7.39. The van der Waals surface area contributed by atoms with Crippen LogP contribution in [0.3, 0.4) is 0 Å². The van der Waals surface area contributed by atoms with Crippen molar-refractivity contribution < 1.29 is 4.74 Å². The van der Waals surface area contributed by atoms with Gasteiger partial charge in [-0.1, -0.05) is 6.07 Å². The summed E-state index contributed by atoms with van der Waals surface area (Å²) in [6.07, 6.45) is 3.37. The number of halogens is 1. The minimum Gasteiger partial charge on any atom is -0.381 e. The lowest BCUT2D eigenvalue weighted by atomic mass is 10.0. The van der Waals surface area contributed by atoms with E-state index in [2.05, 4.69) is 46.1 Å². The predicted octanol–water partition coefficient (Wildman–Crippen LogP) is 3.20. The summed E-state index contributed by atoms with van der Waals surface area (Å²) in [6, 6.07) is 6.75. The zero-order valence-electron chi connectivity index (χ0n) is 12.4. The van der Waals surface area contributed by atoms with Crippen LogP contribution in [0.1, 0.15) is 25.3 Å². The smallest absolute Gasteiger partial charge is 0.0511 e. The minimum absolute atomic E-state index is 0.199. The molecule has 1 saturated heterocycles. The molecule has 2 N–H and O–H groups in total. The summed E-state index contributed by atoms with van der Waals surface area (Å²) in [7, 11) is 2.15. The third-order valence-electron chi connectivity index (χ3n) is 3.77. The third kappa shape index (κ3) is 4.47. The lowest BCUT2D eigenvalue weighted by molar-refractivity contribution is 0.0576. The molecule has 0 spiro atoms. The Labute approximate surface area is 130 Å². The third-order valence-corrected chi connectivity index (χ3v) is 4.40. The average Bonchev–Trinajstić information content (AvgIpc) is 2.39. The molecule has 1 aliphatic heterocycles. The molecule has 0 aliphatic carbocycles. The van der Waals surface area contributed by atoms with Gasteiger partial charge < -0.3 is 15.4 Å². The van der Waals surface area contributed by atoms with Crippen molar-refractivity contribution in [3.63, 3.8) is 0 Å². The van der Waals surface area contributed by atoms with Crippen LogP contribution in [0, 0.1) is 5.92 Å². The molecule has 0 saturated carbocycles. The molecule has 20 heavy (non-hydrogen) atoms. The van der Waals surface area contributed by atoms with E-state index < -0.39 is 0 Å². The highest BCUT2D eigenvalue weighted by Crippen LogP contribution is 2.28. The topological polar surface area (TPSA) is 38.5 Å². The monoisotopic (exact) mass is 340 g/mol. The molecule has 1 aromatic rings. The molecule has 2 rings (SSSR count). The fraction of sp³-hybridized carbons (Fsp3) is 0.625. The Morgan fingerprint density at radius 1 is 1.50 bits per heavy atom. The number of hydrogen-bond donors (Lipinski definition) is 1. The van der Waals surface area contributed by atoms with Gasteiger partial charge in [0.15, 0.2) is 0 Å². The van der Waals surface area contributed by atoms with Crippen LogP contribution in [0.2, 0.25) is 0 Å². The van der Waals surface area contributed by atoms with Crippen molar-refractivity contribution >= 4 is 21.6 Å². The number of rotatable bonds is 5. The molecule has 1 heterocycles. The summed E-state index contributed by atoms with van der Waals surface area (Å²) in [4.78, 5) is 2.32. The molecule has 1 aromatic carbocycles. The molecule has 1 aliphatic rings. The number of anilines is 1. The fourth-order valence-corrected chi connectivity index (χ4v) is 3.52. The van der Waals surface area contributed by atoms with E-state index in [9.17, 15) is 0 Å². The lowest BCUT2D eigenvalue weighted by Crippen LogP contribution is -2.31. The summed E-state index contributed by atoms with van der Waals surface area (Å²) in [5, 5.41) is 0. The van der Waals surface area contributed by atoms with Crippen molar-refractivity contribution in [1.82, 2.24) is 0 Å². The van der Waals surface area contributed by atoms with Crippen molar-refractivity contribution in [2.45, 2.75) is 32.2 Å². The molecule has 112 valence electrons. The van der Waals surface area contributed by atoms with Gasteiger partial charge in [0.1, 0.15) is 0 Å². The summed E-state index contributed by atoms with van der Waals surface area (Å²) < 4.78 is 6.71. The zero-order chi connectivity index (χ0) is 14.5. The second-order valence-electron chi connectivity index (χ2n) is 5.93. The first kappa shape index (κ1) is 15.8. The van der Waals surface area contributed by atoms with Gasteiger partial charge in [-0.3, -0.25) is 0 Å². The number of nitrogens with zero attached hydrogens (tertiary/aromatic N) is 1. The van der Waals surface area contributed by atoms with Gasteiger partial charge in [-0.25, -0.2) is 0 Å². The van der Waals surface area contributed by atoms with E-state index in [0.717, 1.165) is 30.7 Å². The molecule has 3 nitrogen and oxygen atoms in total. The van der Waals surface area contributed by atoms with Crippen molar-refractivity contribution in [1.29, 1.82) is 0 Å². The minimum atomic E-state index is 0.199. The predicted molar refractivity (Wildman–Crippen MR) is 88.3 cm³/mol. The first-order chi connectivity index (χ1) is 9.56. The van der Waals surface area contributed by atoms with E-state index in [1.54, 1.807) is 0 Å². The molecule has 0 amide bonds. The molecule has 4 heteroatoms. The maximum absolute atomic E-state index is 5.86. The normalized spacial score (nSPS) is 20.7. The van der Waals surface area contributed by atoms with Crippen LogP contribution in [-0.2, 0) is 11.2 Å². The molecule has 0 radical (unpaired) electrons. The maximum Gasteiger partial charge on any atom is 0.0511 e. The first-order valence-corrected chi connectivity index (χ1v) is 8.18. The highest BCUT2D eigenvalue weighted by atomic mass is 79.9. The number of ether oxygens (including phenoxy) is 1. The largest absolute Gasteiger partial charge is 0.381 e. The molecule has 1 fully saturated rings. The maximum atomic E-state index is 5.86.